The second-order valence-electron chi connectivity index (χ2n) is 6.60. The Hall–Kier alpha value is -3.22. The van der Waals surface area contributed by atoms with Crippen molar-refractivity contribution in [3.8, 4) is 11.3 Å². The summed E-state index contributed by atoms with van der Waals surface area (Å²) >= 11 is 0. The molecule has 1 N–H and O–H groups in total. The Bertz CT molecular complexity index is 1010. The summed E-state index contributed by atoms with van der Waals surface area (Å²) in [5.74, 6) is 3.11. The predicted molar refractivity (Wildman–Crippen MR) is 99.0 cm³/mol. The number of imidazole rings is 1. The molecular weight excluding hydrogens is 326 g/mol. The maximum Gasteiger partial charge on any atom is 0.254 e. The van der Waals surface area contributed by atoms with E-state index in [1.165, 1.54) is 0 Å². The van der Waals surface area contributed by atoms with E-state index >= 15 is 0 Å². The molecule has 4 aromatic rings. The average Bonchev–Trinajstić information content (AvgIpc) is 3.40. The van der Waals surface area contributed by atoms with Crippen LogP contribution in [0.25, 0.3) is 17.0 Å². The lowest BCUT2D eigenvalue weighted by molar-refractivity contribution is 0.489. The molecule has 0 saturated carbocycles. The first-order valence-corrected chi connectivity index (χ1v) is 8.89. The van der Waals surface area contributed by atoms with Gasteiger partial charge in [-0.25, -0.2) is 9.97 Å². The Labute approximate surface area is 150 Å². The first-order valence-electron chi connectivity index (χ1n) is 8.89. The van der Waals surface area contributed by atoms with Crippen LogP contribution in [0, 0.1) is 0 Å². The Balaban J connectivity index is 1.56. The molecule has 0 amide bonds. The third kappa shape index (κ3) is 2.61. The predicted octanol–water partition coefficient (Wildman–Crippen LogP) is 2.90. The van der Waals surface area contributed by atoms with Gasteiger partial charge in [0.1, 0.15) is 18.0 Å². The lowest BCUT2D eigenvalue weighted by Gasteiger charge is -2.33. The van der Waals surface area contributed by atoms with Crippen LogP contribution in [0.4, 0.5) is 5.82 Å². The molecule has 0 radical (unpaired) electrons. The minimum Gasteiger partial charge on any atom is -0.356 e. The van der Waals surface area contributed by atoms with Gasteiger partial charge >= 0.3 is 0 Å². The summed E-state index contributed by atoms with van der Waals surface area (Å²) < 4.78 is 1.83. The molecule has 5 rings (SSSR count). The first-order chi connectivity index (χ1) is 12.9. The quantitative estimate of drug-likeness (QED) is 0.618. The smallest absolute Gasteiger partial charge is 0.254 e. The zero-order chi connectivity index (χ0) is 17.3. The zero-order valence-electron chi connectivity index (χ0n) is 14.3. The molecular formula is C19H19N7. The molecule has 1 unspecified atom stereocenters. The van der Waals surface area contributed by atoms with E-state index in [1.807, 2.05) is 35.1 Å². The standard InChI is InChI=1S/C19H19N7/c1-2-5-14(6-3-1)16-11-17(26-19(24-16)22-13-23-26)25-10-4-7-15(12-25)18-20-8-9-21-18/h1-3,5-6,8-9,11,13,15H,4,7,10,12H2,(H,20,21). The molecule has 7 heteroatoms. The van der Waals surface area contributed by atoms with Crippen molar-refractivity contribution in [2.75, 3.05) is 18.0 Å². The number of H-pyrrole nitrogens is 1. The Morgan fingerprint density at radius 1 is 1.12 bits per heavy atom. The number of hydrogen-bond donors (Lipinski definition) is 1. The van der Waals surface area contributed by atoms with Crippen molar-refractivity contribution in [1.82, 2.24) is 29.5 Å². The van der Waals surface area contributed by atoms with Crippen molar-refractivity contribution >= 4 is 11.6 Å². The van der Waals surface area contributed by atoms with Crippen molar-refractivity contribution in [2.45, 2.75) is 18.8 Å². The monoisotopic (exact) mass is 345 g/mol. The number of nitrogens with one attached hydrogen (secondary N) is 1. The Morgan fingerprint density at radius 3 is 2.88 bits per heavy atom. The highest BCUT2D eigenvalue weighted by molar-refractivity contribution is 5.65. The summed E-state index contributed by atoms with van der Waals surface area (Å²) in [6, 6.07) is 12.3. The minimum absolute atomic E-state index is 0.394. The third-order valence-corrected chi connectivity index (χ3v) is 4.95. The van der Waals surface area contributed by atoms with Crippen LogP contribution in [0.5, 0.6) is 0 Å². The third-order valence-electron chi connectivity index (χ3n) is 4.95. The van der Waals surface area contributed by atoms with Crippen LogP contribution in [0.2, 0.25) is 0 Å². The second kappa shape index (κ2) is 6.25. The van der Waals surface area contributed by atoms with Gasteiger partial charge in [0.05, 0.1) is 5.69 Å². The molecule has 0 bridgehead atoms. The van der Waals surface area contributed by atoms with Crippen molar-refractivity contribution in [2.24, 2.45) is 0 Å². The average molecular weight is 345 g/mol. The van der Waals surface area contributed by atoms with E-state index in [1.54, 1.807) is 6.33 Å². The molecule has 130 valence electrons. The highest BCUT2D eigenvalue weighted by Crippen LogP contribution is 2.30. The van der Waals surface area contributed by atoms with Crippen LogP contribution in [-0.2, 0) is 0 Å². The van der Waals surface area contributed by atoms with Crippen LogP contribution in [0.1, 0.15) is 24.6 Å². The van der Waals surface area contributed by atoms with Gasteiger partial charge in [0.15, 0.2) is 0 Å². The maximum absolute atomic E-state index is 4.67. The van der Waals surface area contributed by atoms with Gasteiger partial charge in [-0.1, -0.05) is 30.3 Å². The van der Waals surface area contributed by atoms with Crippen LogP contribution >= 0.6 is 0 Å². The molecule has 3 aromatic heterocycles. The summed E-state index contributed by atoms with van der Waals surface area (Å²) in [6.07, 6.45) is 7.54. The van der Waals surface area contributed by atoms with Crippen LogP contribution < -0.4 is 4.90 Å². The number of rotatable bonds is 3. The van der Waals surface area contributed by atoms with E-state index in [2.05, 4.69) is 48.1 Å². The van der Waals surface area contributed by atoms with Gasteiger partial charge in [-0.2, -0.15) is 14.6 Å². The highest BCUT2D eigenvalue weighted by Gasteiger charge is 2.25. The molecule has 4 heterocycles. The highest BCUT2D eigenvalue weighted by atomic mass is 15.4. The molecule has 0 spiro atoms. The number of nitrogens with zero attached hydrogens (tertiary/aromatic N) is 6. The second-order valence-corrected chi connectivity index (χ2v) is 6.60. The number of benzene rings is 1. The van der Waals surface area contributed by atoms with E-state index in [0.717, 1.165) is 48.8 Å². The molecule has 26 heavy (non-hydrogen) atoms. The molecule has 1 aliphatic rings. The van der Waals surface area contributed by atoms with Crippen molar-refractivity contribution in [3.05, 3.63) is 60.9 Å². The zero-order valence-corrected chi connectivity index (χ0v) is 14.3. The summed E-state index contributed by atoms with van der Waals surface area (Å²) in [5, 5.41) is 4.39. The number of anilines is 1. The van der Waals surface area contributed by atoms with Gasteiger partial charge in [0, 0.05) is 43.0 Å². The van der Waals surface area contributed by atoms with E-state index in [-0.39, 0.29) is 0 Å². The minimum atomic E-state index is 0.394. The number of fused-ring (bicyclic) bond motifs is 1. The fourth-order valence-corrected chi connectivity index (χ4v) is 3.69. The van der Waals surface area contributed by atoms with Gasteiger partial charge in [0.25, 0.3) is 5.78 Å². The number of aromatic nitrogens is 6. The molecule has 1 saturated heterocycles. The first kappa shape index (κ1) is 15.1. The van der Waals surface area contributed by atoms with Crippen molar-refractivity contribution < 1.29 is 0 Å². The number of aromatic amines is 1. The number of hydrogen-bond acceptors (Lipinski definition) is 5. The lowest BCUT2D eigenvalue weighted by Crippen LogP contribution is -2.36. The van der Waals surface area contributed by atoms with E-state index < -0.39 is 0 Å². The van der Waals surface area contributed by atoms with Gasteiger partial charge in [-0.3, -0.25) is 0 Å². The Kier molecular flexibility index (Phi) is 3.62. The number of piperidine rings is 1. The summed E-state index contributed by atoms with van der Waals surface area (Å²) in [7, 11) is 0. The fraction of sp³-hybridized carbons (Fsp3) is 0.263. The molecule has 0 aliphatic carbocycles. The topological polar surface area (TPSA) is 75.0 Å². The molecule has 7 nitrogen and oxygen atoms in total. The van der Waals surface area contributed by atoms with Crippen LogP contribution in [0.15, 0.2) is 55.1 Å². The van der Waals surface area contributed by atoms with Gasteiger partial charge in [0.2, 0.25) is 0 Å². The van der Waals surface area contributed by atoms with E-state index in [9.17, 15) is 0 Å². The fourth-order valence-electron chi connectivity index (χ4n) is 3.69. The summed E-state index contributed by atoms with van der Waals surface area (Å²) in [5.41, 5.74) is 2.00. The molecule has 1 fully saturated rings. The van der Waals surface area contributed by atoms with Crippen LogP contribution in [-0.4, -0.2) is 42.6 Å². The van der Waals surface area contributed by atoms with E-state index in [0.29, 0.717) is 11.7 Å². The maximum atomic E-state index is 4.67. The van der Waals surface area contributed by atoms with Crippen molar-refractivity contribution in [1.29, 1.82) is 0 Å². The SMILES string of the molecule is c1ccc(-c2cc(N3CCCC(c4ncc[nH]4)C3)n3ncnc3n2)cc1. The lowest BCUT2D eigenvalue weighted by atomic mass is 9.97. The molecule has 1 aromatic carbocycles. The van der Waals surface area contributed by atoms with Gasteiger partial charge in [-0.15, -0.1) is 0 Å². The van der Waals surface area contributed by atoms with Crippen LogP contribution in [0.3, 0.4) is 0 Å². The normalized spacial score (nSPS) is 17.7. The summed E-state index contributed by atoms with van der Waals surface area (Å²) in [4.78, 5) is 19.1. The van der Waals surface area contributed by atoms with Gasteiger partial charge < -0.3 is 9.88 Å². The molecule has 1 aliphatic heterocycles. The Morgan fingerprint density at radius 2 is 2.04 bits per heavy atom. The van der Waals surface area contributed by atoms with Crippen molar-refractivity contribution in [3.63, 3.8) is 0 Å². The summed E-state index contributed by atoms with van der Waals surface area (Å²) in [6.45, 7) is 1.89. The largest absolute Gasteiger partial charge is 0.356 e. The molecule has 1 atom stereocenters. The van der Waals surface area contributed by atoms with Gasteiger partial charge in [-0.05, 0) is 12.8 Å². The van der Waals surface area contributed by atoms with E-state index in [4.69, 9.17) is 0 Å².